The molecule has 3 nitrogen and oxygen atoms in total. The molecule has 0 atom stereocenters. The van der Waals surface area contributed by atoms with Crippen LogP contribution in [-0.4, -0.2) is 18.2 Å². The molecule has 0 aromatic heterocycles. The van der Waals surface area contributed by atoms with Crippen LogP contribution in [0.15, 0.2) is 0 Å². The lowest BCUT2D eigenvalue weighted by atomic mass is 10.3. The molecule has 0 aromatic rings. The molecule has 0 spiro atoms. The fraction of sp³-hybridized carbons (Fsp3) is 0.667. The third-order valence-corrected chi connectivity index (χ3v) is 0.800. The van der Waals surface area contributed by atoms with Crippen LogP contribution in [0.25, 0.3) is 0 Å². The van der Waals surface area contributed by atoms with Gasteiger partial charge in [-0.15, -0.1) is 0 Å². The van der Waals surface area contributed by atoms with Gasteiger partial charge in [-0.2, -0.15) is 0 Å². The van der Waals surface area contributed by atoms with E-state index in [4.69, 9.17) is 5.41 Å². The second-order valence-electron chi connectivity index (χ2n) is 1.91. The molecule has 0 aromatic carbocycles. The normalized spacial score (nSPS) is 8.67. The lowest BCUT2D eigenvalue weighted by molar-refractivity contribution is -0.119. The highest BCUT2D eigenvalue weighted by molar-refractivity contribution is 5.98. The van der Waals surface area contributed by atoms with Gasteiger partial charge in [-0.3, -0.25) is 4.79 Å². The molecular formula is C6H12N2O. The van der Waals surface area contributed by atoms with Gasteiger partial charge in [0.15, 0.2) is 0 Å². The zero-order valence-electron chi connectivity index (χ0n) is 5.82. The Kier molecular flexibility index (Phi) is 3.67. The third kappa shape index (κ3) is 5.00. The standard InChI is InChI=1S/C6H12N2O/c1-3-8-6(9)4-5(2)7/h7H,3-4H2,1-2H3,(H,8,9). The van der Waals surface area contributed by atoms with Crippen molar-refractivity contribution in [1.29, 1.82) is 5.41 Å². The molecule has 3 heteroatoms. The lowest BCUT2D eigenvalue weighted by Gasteiger charge is -1.97. The Balaban J connectivity index is 3.39. The molecule has 0 saturated heterocycles. The number of amides is 1. The minimum absolute atomic E-state index is 0.0648. The fourth-order valence-corrected chi connectivity index (χ4v) is 0.501. The van der Waals surface area contributed by atoms with E-state index in [0.29, 0.717) is 12.3 Å². The van der Waals surface area contributed by atoms with E-state index < -0.39 is 0 Å². The Bertz CT molecular complexity index is 120. The molecule has 0 aliphatic heterocycles. The third-order valence-electron chi connectivity index (χ3n) is 0.800. The second-order valence-corrected chi connectivity index (χ2v) is 1.91. The van der Waals surface area contributed by atoms with Crippen molar-refractivity contribution in [3.63, 3.8) is 0 Å². The molecule has 9 heavy (non-hydrogen) atoms. The van der Waals surface area contributed by atoms with Crippen molar-refractivity contribution in [2.75, 3.05) is 6.54 Å². The van der Waals surface area contributed by atoms with Gasteiger partial charge < -0.3 is 10.7 Å². The molecule has 0 unspecified atom stereocenters. The summed E-state index contributed by atoms with van der Waals surface area (Å²) in [5, 5.41) is 9.54. The highest BCUT2D eigenvalue weighted by Crippen LogP contribution is 1.80. The molecule has 0 rings (SSSR count). The van der Waals surface area contributed by atoms with Gasteiger partial charge in [0.2, 0.25) is 5.91 Å². The summed E-state index contributed by atoms with van der Waals surface area (Å²) in [4.78, 5) is 10.6. The van der Waals surface area contributed by atoms with Gasteiger partial charge in [0.05, 0.1) is 6.42 Å². The Labute approximate surface area is 55.0 Å². The Morgan fingerprint density at radius 1 is 1.67 bits per heavy atom. The van der Waals surface area contributed by atoms with E-state index in [0.717, 1.165) is 0 Å². The molecule has 0 heterocycles. The van der Waals surface area contributed by atoms with Gasteiger partial charge in [-0.25, -0.2) is 0 Å². The monoisotopic (exact) mass is 128 g/mol. The van der Waals surface area contributed by atoms with Crippen molar-refractivity contribution >= 4 is 11.6 Å². The number of rotatable bonds is 3. The van der Waals surface area contributed by atoms with E-state index >= 15 is 0 Å². The predicted octanol–water partition coefficient (Wildman–Crippen LogP) is 0.552. The average molecular weight is 128 g/mol. The van der Waals surface area contributed by atoms with Gasteiger partial charge in [-0.05, 0) is 13.8 Å². The summed E-state index contributed by atoms with van der Waals surface area (Å²) in [7, 11) is 0. The topological polar surface area (TPSA) is 53.0 Å². The summed E-state index contributed by atoms with van der Waals surface area (Å²) in [6, 6.07) is 0. The number of carbonyl (C=O) groups is 1. The fourth-order valence-electron chi connectivity index (χ4n) is 0.501. The maximum absolute atomic E-state index is 10.6. The second kappa shape index (κ2) is 4.06. The van der Waals surface area contributed by atoms with Crippen LogP contribution < -0.4 is 5.32 Å². The lowest BCUT2D eigenvalue weighted by Crippen LogP contribution is -2.24. The summed E-state index contributed by atoms with van der Waals surface area (Å²) >= 11 is 0. The maximum Gasteiger partial charge on any atom is 0.225 e. The molecule has 52 valence electrons. The van der Waals surface area contributed by atoms with Crippen molar-refractivity contribution in [2.24, 2.45) is 0 Å². The Morgan fingerprint density at radius 2 is 2.22 bits per heavy atom. The average Bonchev–Trinajstić information content (AvgIpc) is 1.63. The van der Waals surface area contributed by atoms with E-state index in [-0.39, 0.29) is 12.3 Å². The van der Waals surface area contributed by atoms with Crippen LogP contribution >= 0.6 is 0 Å². The van der Waals surface area contributed by atoms with Crippen LogP contribution in [0.4, 0.5) is 0 Å². The predicted molar refractivity (Wildman–Crippen MR) is 36.7 cm³/mol. The van der Waals surface area contributed by atoms with Gasteiger partial charge >= 0.3 is 0 Å². The maximum atomic E-state index is 10.6. The van der Waals surface area contributed by atoms with E-state index in [9.17, 15) is 4.79 Å². The summed E-state index contributed by atoms with van der Waals surface area (Å²) in [6.07, 6.45) is 0.230. The van der Waals surface area contributed by atoms with Gasteiger partial charge in [0, 0.05) is 12.3 Å². The van der Waals surface area contributed by atoms with Crippen molar-refractivity contribution in [3.8, 4) is 0 Å². The van der Waals surface area contributed by atoms with E-state index in [1.807, 2.05) is 6.92 Å². The van der Waals surface area contributed by atoms with Gasteiger partial charge in [0.25, 0.3) is 0 Å². The Morgan fingerprint density at radius 3 is 2.56 bits per heavy atom. The number of hydrogen-bond donors (Lipinski definition) is 2. The van der Waals surface area contributed by atoms with Crippen LogP contribution in [0.2, 0.25) is 0 Å². The molecule has 0 aliphatic rings. The summed E-state index contributed by atoms with van der Waals surface area (Å²) in [6.45, 7) is 4.12. The first-order valence-corrected chi connectivity index (χ1v) is 2.97. The minimum atomic E-state index is -0.0648. The highest BCUT2D eigenvalue weighted by atomic mass is 16.1. The van der Waals surface area contributed by atoms with Crippen LogP contribution in [-0.2, 0) is 4.79 Å². The first-order chi connectivity index (χ1) is 4.16. The number of nitrogens with one attached hydrogen (secondary N) is 2. The Hall–Kier alpha value is -0.860. The quantitative estimate of drug-likeness (QED) is 0.536. The summed E-state index contributed by atoms with van der Waals surface area (Å²) in [5.74, 6) is -0.0648. The minimum Gasteiger partial charge on any atom is -0.356 e. The first kappa shape index (κ1) is 8.14. The zero-order chi connectivity index (χ0) is 7.28. The highest BCUT2D eigenvalue weighted by Gasteiger charge is 1.97. The van der Waals surface area contributed by atoms with Gasteiger partial charge in [0.1, 0.15) is 0 Å². The number of carbonyl (C=O) groups excluding carboxylic acids is 1. The zero-order valence-corrected chi connectivity index (χ0v) is 5.82. The van der Waals surface area contributed by atoms with Crippen molar-refractivity contribution < 1.29 is 4.79 Å². The molecule has 0 aliphatic carbocycles. The summed E-state index contributed by atoms with van der Waals surface area (Å²) < 4.78 is 0. The summed E-state index contributed by atoms with van der Waals surface area (Å²) in [5.41, 5.74) is 0.404. The van der Waals surface area contributed by atoms with Crippen LogP contribution in [0.3, 0.4) is 0 Å². The SMILES string of the molecule is CCNC(=O)CC(C)=N. The van der Waals surface area contributed by atoms with Gasteiger partial charge in [-0.1, -0.05) is 0 Å². The molecule has 0 radical (unpaired) electrons. The molecule has 0 bridgehead atoms. The van der Waals surface area contributed by atoms with Crippen LogP contribution in [0.5, 0.6) is 0 Å². The van der Waals surface area contributed by atoms with E-state index in [1.54, 1.807) is 6.92 Å². The van der Waals surface area contributed by atoms with E-state index in [2.05, 4.69) is 5.32 Å². The van der Waals surface area contributed by atoms with Crippen LogP contribution in [0.1, 0.15) is 20.3 Å². The largest absolute Gasteiger partial charge is 0.356 e. The van der Waals surface area contributed by atoms with Crippen molar-refractivity contribution in [1.82, 2.24) is 5.32 Å². The smallest absolute Gasteiger partial charge is 0.225 e. The molecular weight excluding hydrogens is 116 g/mol. The molecule has 1 amide bonds. The molecule has 2 N–H and O–H groups in total. The van der Waals surface area contributed by atoms with Crippen molar-refractivity contribution in [3.05, 3.63) is 0 Å². The van der Waals surface area contributed by atoms with Crippen molar-refractivity contribution in [2.45, 2.75) is 20.3 Å². The molecule has 0 saturated carbocycles. The van der Waals surface area contributed by atoms with Crippen LogP contribution in [0, 0.1) is 5.41 Å². The van der Waals surface area contributed by atoms with E-state index in [1.165, 1.54) is 0 Å². The first-order valence-electron chi connectivity index (χ1n) is 2.97. The number of hydrogen-bond acceptors (Lipinski definition) is 2. The molecule has 0 fully saturated rings.